The van der Waals surface area contributed by atoms with E-state index >= 15 is 0 Å². The highest BCUT2D eigenvalue weighted by molar-refractivity contribution is 5.03. The van der Waals surface area contributed by atoms with Gasteiger partial charge in [-0.05, 0) is 50.9 Å². The molecule has 0 heterocycles. The maximum atomic E-state index is 12.6. The van der Waals surface area contributed by atoms with Crippen molar-refractivity contribution in [1.29, 1.82) is 0 Å². The predicted molar refractivity (Wildman–Crippen MR) is 58.8 cm³/mol. The number of alkyl halides is 1. The third-order valence-electron chi connectivity index (χ3n) is 3.54. The highest BCUT2D eigenvalue weighted by Gasteiger charge is 2.32. The molecule has 3 unspecified atom stereocenters. The fraction of sp³-hybridized carbons (Fsp3) is 0.833. The molecule has 0 aromatic heterocycles. The lowest BCUT2D eigenvalue weighted by Crippen LogP contribution is -2.37. The van der Waals surface area contributed by atoms with Crippen molar-refractivity contribution in [3.8, 4) is 0 Å². The van der Waals surface area contributed by atoms with E-state index in [1.54, 1.807) is 0 Å². The fourth-order valence-corrected chi connectivity index (χ4v) is 2.62. The van der Waals surface area contributed by atoms with Gasteiger partial charge in [0.05, 0.1) is 6.67 Å². The SMILES string of the molecule is C=C(C)C1CC(CF)CC[C@H]1C(C)N. The van der Waals surface area contributed by atoms with Crippen LogP contribution in [-0.2, 0) is 0 Å². The van der Waals surface area contributed by atoms with Crippen LogP contribution in [0.15, 0.2) is 12.2 Å². The molecule has 0 bridgehead atoms. The average Bonchev–Trinajstić information content (AvgIpc) is 2.16. The summed E-state index contributed by atoms with van der Waals surface area (Å²) in [5, 5.41) is 0. The van der Waals surface area contributed by atoms with Crippen molar-refractivity contribution in [2.24, 2.45) is 23.5 Å². The van der Waals surface area contributed by atoms with Crippen LogP contribution in [0.5, 0.6) is 0 Å². The normalized spacial score (nSPS) is 35.3. The van der Waals surface area contributed by atoms with Gasteiger partial charge in [-0.2, -0.15) is 0 Å². The quantitative estimate of drug-likeness (QED) is 0.695. The molecular formula is C12H22FN. The highest BCUT2D eigenvalue weighted by Crippen LogP contribution is 2.38. The molecule has 1 aliphatic rings. The van der Waals surface area contributed by atoms with Gasteiger partial charge in [0, 0.05) is 6.04 Å². The van der Waals surface area contributed by atoms with Gasteiger partial charge in [0.15, 0.2) is 0 Å². The van der Waals surface area contributed by atoms with Gasteiger partial charge in [-0.3, -0.25) is 4.39 Å². The molecule has 0 spiro atoms. The highest BCUT2D eigenvalue weighted by atomic mass is 19.1. The van der Waals surface area contributed by atoms with Gasteiger partial charge in [-0.1, -0.05) is 12.2 Å². The molecule has 2 N–H and O–H groups in total. The molecule has 1 nitrogen and oxygen atoms in total. The summed E-state index contributed by atoms with van der Waals surface area (Å²) in [5.41, 5.74) is 7.12. The summed E-state index contributed by atoms with van der Waals surface area (Å²) in [6, 6.07) is 0.206. The summed E-state index contributed by atoms with van der Waals surface area (Å²) in [6.07, 6.45) is 2.99. The van der Waals surface area contributed by atoms with E-state index in [9.17, 15) is 4.39 Å². The van der Waals surface area contributed by atoms with Gasteiger partial charge in [0.2, 0.25) is 0 Å². The smallest absolute Gasteiger partial charge is 0.0922 e. The van der Waals surface area contributed by atoms with Crippen LogP contribution < -0.4 is 5.73 Å². The molecule has 0 aliphatic heterocycles. The molecule has 0 aromatic rings. The number of hydrogen-bond acceptors (Lipinski definition) is 1. The van der Waals surface area contributed by atoms with E-state index in [2.05, 4.69) is 13.5 Å². The first-order valence-electron chi connectivity index (χ1n) is 5.53. The lowest BCUT2D eigenvalue weighted by Gasteiger charge is -2.37. The molecule has 0 radical (unpaired) electrons. The van der Waals surface area contributed by atoms with Crippen molar-refractivity contribution in [2.45, 2.75) is 39.2 Å². The summed E-state index contributed by atoms with van der Waals surface area (Å²) in [6.45, 7) is 7.91. The van der Waals surface area contributed by atoms with Crippen LogP contribution in [0, 0.1) is 17.8 Å². The molecule has 0 amide bonds. The van der Waals surface area contributed by atoms with Crippen molar-refractivity contribution in [2.75, 3.05) is 6.67 Å². The largest absolute Gasteiger partial charge is 0.328 e. The van der Waals surface area contributed by atoms with Gasteiger partial charge in [0.1, 0.15) is 0 Å². The molecule has 4 atom stereocenters. The van der Waals surface area contributed by atoms with Crippen LogP contribution in [-0.4, -0.2) is 12.7 Å². The van der Waals surface area contributed by atoms with E-state index in [-0.39, 0.29) is 18.6 Å². The monoisotopic (exact) mass is 199 g/mol. The second-order valence-electron chi connectivity index (χ2n) is 4.81. The van der Waals surface area contributed by atoms with E-state index in [4.69, 9.17) is 5.73 Å². The minimum atomic E-state index is -0.185. The Bertz CT molecular complexity index is 200. The van der Waals surface area contributed by atoms with Gasteiger partial charge >= 0.3 is 0 Å². The Balaban J connectivity index is 2.65. The summed E-state index contributed by atoms with van der Waals surface area (Å²) >= 11 is 0. The Labute approximate surface area is 86.6 Å². The van der Waals surface area contributed by atoms with E-state index in [0.717, 1.165) is 19.3 Å². The zero-order chi connectivity index (χ0) is 10.7. The van der Waals surface area contributed by atoms with Crippen LogP contribution in [0.4, 0.5) is 4.39 Å². The third kappa shape index (κ3) is 2.57. The Morgan fingerprint density at radius 3 is 2.64 bits per heavy atom. The average molecular weight is 199 g/mol. The molecular weight excluding hydrogens is 177 g/mol. The molecule has 1 saturated carbocycles. The summed E-state index contributed by atoms with van der Waals surface area (Å²) in [5.74, 6) is 1.19. The van der Waals surface area contributed by atoms with Crippen LogP contribution in [0.3, 0.4) is 0 Å². The molecule has 0 aromatic carbocycles. The maximum absolute atomic E-state index is 12.6. The Morgan fingerprint density at radius 1 is 1.57 bits per heavy atom. The molecule has 1 fully saturated rings. The first-order valence-corrected chi connectivity index (χ1v) is 5.53. The number of allylic oxidation sites excluding steroid dienone is 1. The topological polar surface area (TPSA) is 26.0 Å². The van der Waals surface area contributed by atoms with E-state index in [1.165, 1.54) is 5.57 Å². The van der Waals surface area contributed by atoms with Crippen LogP contribution in [0.2, 0.25) is 0 Å². The Morgan fingerprint density at radius 2 is 2.21 bits per heavy atom. The molecule has 1 aliphatic carbocycles. The second-order valence-corrected chi connectivity index (χ2v) is 4.81. The molecule has 14 heavy (non-hydrogen) atoms. The molecule has 82 valence electrons. The fourth-order valence-electron chi connectivity index (χ4n) is 2.62. The molecule has 2 heteroatoms. The van der Waals surface area contributed by atoms with Gasteiger partial charge in [-0.25, -0.2) is 0 Å². The Kier molecular flexibility index (Phi) is 4.11. The van der Waals surface area contributed by atoms with Crippen molar-refractivity contribution in [3.05, 3.63) is 12.2 Å². The summed E-state index contributed by atoms with van der Waals surface area (Å²) in [4.78, 5) is 0. The Hall–Kier alpha value is -0.370. The zero-order valence-corrected chi connectivity index (χ0v) is 9.30. The van der Waals surface area contributed by atoms with Gasteiger partial charge in [-0.15, -0.1) is 0 Å². The van der Waals surface area contributed by atoms with Crippen LogP contribution in [0.1, 0.15) is 33.1 Å². The van der Waals surface area contributed by atoms with Crippen LogP contribution >= 0.6 is 0 Å². The van der Waals surface area contributed by atoms with Crippen molar-refractivity contribution < 1.29 is 4.39 Å². The standard InChI is InChI=1S/C12H22FN/c1-8(2)12-6-10(7-13)4-5-11(12)9(3)14/h9-12H,1,4-7,14H2,2-3H3/t9?,10?,11-,12?/m0/s1. The second kappa shape index (κ2) is 4.92. The summed E-state index contributed by atoms with van der Waals surface area (Å²) in [7, 11) is 0. The minimum absolute atomic E-state index is 0.185. The lowest BCUT2D eigenvalue weighted by molar-refractivity contribution is 0.163. The van der Waals surface area contributed by atoms with Crippen molar-refractivity contribution in [1.82, 2.24) is 0 Å². The number of rotatable bonds is 3. The van der Waals surface area contributed by atoms with Crippen molar-refractivity contribution >= 4 is 0 Å². The minimum Gasteiger partial charge on any atom is -0.328 e. The maximum Gasteiger partial charge on any atom is 0.0922 e. The number of nitrogens with two attached hydrogens (primary N) is 1. The number of halogens is 1. The van der Waals surface area contributed by atoms with E-state index in [0.29, 0.717) is 11.8 Å². The first kappa shape index (κ1) is 11.7. The van der Waals surface area contributed by atoms with Gasteiger partial charge < -0.3 is 5.73 Å². The predicted octanol–water partition coefficient (Wildman–Crippen LogP) is 2.91. The first-order chi connectivity index (χ1) is 6.56. The van der Waals surface area contributed by atoms with Gasteiger partial charge in [0.25, 0.3) is 0 Å². The summed E-state index contributed by atoms with van der Waals surface area (Å²) < 4.78 is 12.6. The van der Waals surface area contributed by atoms with E-state index in [1.807, 2.05) is 6.92 Å². The van der Waals surface area contributed by atoms with E-state index < -0.39 is 0 Å². The van der Waals surface area contributed by atoms with Crippen molar-refractivity contribution in [3.63, 3.8) is 0 Å². The zero-order valence-electron chi connectivity index (χ0n) is 9.30. The van der Waals surface area contributed by atoms with Crippen LogP contribution in [0.25, 0.3) is 0 Å². The lowest BCUT2D eigenvalue weighted by atomic mass is 9.69. The number of hydrogen-bond donors (Lipinski definition) is 1. The molecule has 1 rings (SSSR count). The third-order valence-corrected chi connectivity index (χ3v) is 3.54. The molecule has 0 saturated heterocycles.